The average Bonchev–Trinajstić information content (AvgIpc) is 3.16. The summed E-state index contributed by atoms with van der Waals surface area (Å²) in [4.78, 5) is 11.9. The lowest BCUT2D eigenvalue weighted by molar-refractivity contribution is -0.113. The minimum Gasteiger partial charge on any atom is -0.469 e. The van der Waals surface area contributed by atoms with Crippen molar-refractivity contribution in [3.63, 3.8) is 0 Å². The maximum Gasteiger partial charge on any atom is 0.277 e. The van der Waals surface area contributed by atoms with Gasteiger partial charge in [-0.3, -0.25) is 4.79 Å². The van der Waals surface area contributed by atoms with E-state index in [9.17, 15) is 9.18 Å². The van der Waals surface area contributed by atoms with Gasteiger partial charge in [0.05, 0.1) is 23.3 Å². The van der Waals surface area contributed by atoms with E-state index in [1.807, 2.05) is 0 Å². The molecule has 3 aromatic rings. The van der Waals surface area contributed by atoms with E-state index in [1.54, 1.807) is 26.0 Å². The van der Waals surface area contributed by atoms with E-state index in [1.165, 1.54) is 18.4 Å². The Morgan fingerprint density at radius 3 is 2.83 bits per heavy atom. The lowest BCUT2D eigenvalue weighted by Crippen LogP contribution is -2.15. The third-order valence-corrected chi connectivity index (χ3v) is 4.04. The highest BCUT2D eigenvalue weighted by molar-refractivity contribution is 7.99. The van der Waals surface area contributed by atoms with Gasteiger partial charge in [0.1, 0.15) is 11.6 Å². The number of hydrogen-bond acceptors (Lipinski definition) is 6. The molecule has 2 heterocycles. The first-order valence-corrected chi connectivity index (χ1v) is 8.08. The van der Waals surface area contributed by atoms with E-state index < -0.39 is 5.82 Å². The third kappa shape index (κ3) is 3.65. The summed E-state index contributed by atoms with van der Waals surface area (Å²) in [7, 11) is 0. The molecule has 1 amide bonds. The predicted molar refractivity (Wildman–Crippen MR) is 87.2 cm³/mol. The summed E-state index contributed by atoms with van der Waals surface area (Å²) in [6.07, 6.45) is 1.53. The van der Waals surface area contributed by atoms with Gasteiger partial charge in [-0.05, 0) is 37.6 Å². The van der Waals surface area contributed by atoms with Crippen molar-refractivity contribution in [1.29, 1.82) is 0 Å². The molecule has 0 fully saturated rings. The highest BCUT2D eigenvalue weighted by Gasteiger charge is 2.15. The second-order valence-corrected chi connectivity index (χ2v) is 6.01. The number of nitrogens with one attached hydrogen (secondary N) is 1. The zero-order valence-corrected chi connectivity index (χ0v) is 13.8. The number of anilines is 1. The molecule has 0 aliphatic heterocycles. The van der Waals surface area contributed by atoms with Crippen molar-refractivity contribution in [3.8, 4) is 11.5 Å². The van der Waals surface area contributed by atoms with E-state index in [0.29, 0.717) is 17.2 Å². The number of nitrogens with zero attached hydrogens (tertiary/aromatic N) is 2. The Balaban J connectivity index is 1.59. The van der Waals surface area contributed by atoms with Crippen LogP contribution in [0.25, 0.3) is 11.5 Å². The SMILES string of the molecule is Cc1ccc(NC(=O)CSc2nnc(-c3ccoc3C)o2)c(F)c1. The number of carbonyl (C=O) groups is 1. The molecule has 0 unspecified atom stereocenters. The topological polar surface area (TPSA) is 81.2 Å². The summed E-state index contributed by atoms with van der Waals surface area (Å²) >= 11 is 1.08. The fourth-order valence-corrected chi connectivity index (χ4v) is 2.58. The molecule has 1 aromatic carbocycles. The van der Waals surface area contributed by atoms with Gasteiger partial charge in [0, 0.05) is 0 Å². The van der Waals surface area contributed by atoms with Crippen LogP contribution >= 0.6 is 11.8 Å². The van der Waals surface area contributed by atoms with Crippen LogP contribution < -0.4 is 5.32 Å². The minimum absolute atomic E-state index is 0.0271. The van der Waals surface area contributed by atoms with Crippen LogP contribution in [0.1, 0.15) is 11.3 Å². The van der Waals surface area contributed by atoms with Gasteiger partial charge in [-0.25, -0.2) is 4.39 Å². The second kappa shape index (κ2) is 6.88. The number of benzene rings is 1. The van der Waals surface area contributed by atoms with Crippen molar-refractivity contribution >= 4 is 23.4 Å². The van der Waals surface area contributed by atoms with Crippen LogP contribution in [0.15, 0.2) is 44.6 Å². The van der Waals surface area contributed by atoms with Crippen molar-refractivity contribution in [3.05, 3.63) is 47.7 Å². The first-order chi connectivity index (χ1) is 11.5. The number of aryl methyl sites for hydroxylation is 2. The van der Waals surface area contributed by atoms with Crippen LogP contribution in [0.4, 0.5) is 10.1 Å². The molecule has 2 aromatic heterocycles. The summed E-state index contributed by atoms with van der Waals surface area (Å²) in [5.41, 5.74) is 1.64. The van der Waals surface area contributed by atoms with Crippen LogP contribution in [0.5, 0.6) is 0 Å². The summed E-state index contributed by atoms with van der Waals surface area (Å²) in [5.74, 6) is 0.196. The second-order valence-electron chi connectivity index (χ2n) is 5.08. The molecular weight excluding hydrogens is 333 g/mol. The van der Waals surface area contributed by atoms with Crippen molar-refractivity contribution < 1.29 is 18.0 Å². The molecule has 0 saturated heterocycles. The first-order valence-electron chi connectivity index (χ1n) is 7.09. The van der Waals surface area contributed by atoms with Crippen LogP contribution in [0, 0.1) is 19.7 Å². The van der Waals surface area contributed by atoms with Crippen LogP contribution in [-0.4, -0.2) is 21.9 Å². The lowest BCUT2D eigenvalue weighted by atomic mass is 10.2. The molecule has 1 N–H and O–H groups in total. The van der Waals surface area contributed by atoms with Crippen LogP contribution in [-0.2, 0) is 4.79 Å². The van der Waals surface area contributed by atoms with Crippen molar-refractivity contribution in [1.82, 2.24) is 10.2 Å². The highest BCUT2D eigenvalue weighted by Crippen LogP contribution is 2.26. The molecule has 0 spiro atoms. The Morgan fingerprint density at radius 2 is 2.12 bits per heavy atom. The van der Waals surface area contributed by atoms with E-state index in [2.05, 4.69) is 15.5 Å². The predicted octanol–water partition coefficient (Wildman–Crippen LogP) is 3.82. The normalized spacial score (nSPS) is 10.8. The number of hydrogen-bond donors (Lipinski definition) is 1. The average molecular weight is 347 g/mol. The van der Waals surface area contributed by atoms with Gasteiger partial charge in [0.2, 0.25) is 5.91 Å². The number of aromatic nitrogens is 2. The minimum atomic E-state index is -0.469. The molecule has 8 heteroatoms. The number of rotatable bonds is 5. The van der Waals surface area contributed by atoms with Gasteiger partial charge in [-0.1, -0.05) is 17.8 Å². The van der Waals surface area contributed by atoms with Crippen molar-refractivity contribution in [2.45, 2.75) is 19.1 Å². The maximum atomic E-state index is 13.7. The zero-order chi connectivity index (χ0) is 17.1. The third-order valence-electron chi connectivity index (χ3n) is 3.22. The number of thioether (sulfide) groups is 1. The summed E-state index contributed by atoms with van der Waals surface area (Å²) in [5, 5.41) is 10.6. The molecule has 3 rings (SSSR count). The van der Waals surface area contributed by atoms with Gasteiger partial charge in [0.15, 0.2) is 0 Å². The molecule has 124 valence electrons. The molecule has 0 aliphatic rings. The van der Waals surface area contributed by atoms with Gasteiger partial charge >= 0.3 is 0 Å². The zero-order valence-electron chi connectivity index (χ0n) is 13.0. The quantitative estimate of drug-likeness (QED) is 0.707. The van der Waals surface area contributed by atoms with Crippen molar-refractivity contribution in [2.75, 3.05) is 11.1 Å². The van der Waals surface area contributed by atoms with E-state index in [4.69, 9.17) is 8.83 Å². The molecule has 0 atom stereocenters. The number of carbonyl (C=O) groups excluding carboxylic acids is 1. The first kappa shape index (κ1) is 16.3. The largest absolute Gasteiger partial charge is 0.469 e. The molecule has 0 saturated carbocycles. The molecule has 0 bridgehead atoms. The molecule has 6 nitrogen and oxygen atoms in total. The van der Waals surface area contributed by atoms with Gasteiger partial charge in [0.25, 0.3) is 11.1 Å². The summed E-state index contributed by atoms with van der Waals surface area (Å²) in [6, 6.07) is 6.34. The Kier molecular flexibility index (Phi) is 4.66. The Morgan fingerprint density at radius 1 is 1.29 bits per heavy atom. The monoisotopic (exact) mass is 347 g/mol. The number of amides is 1. The highest BCUT2D eigenvalue weighted by atomic mass is 32.2. The van der Waals surface area contributed by atoms with Crippen molar-refractivity contribution in [2.24, 2.45) is 0 Å². The molecular formula is C16H14FN3O3S. The summed E-state index contributed by atoms with van der Waals surface area (Å²) < 4.78 is 24.4. The van der Waals surface area contributed by atoms with E-state index in [-0.39, 0.29) is 22.6 Å². The Labute approximate surface area is 141 Å². The van der Waals surface area contributed by atoms with Crippen LogP contribution in [0.2, 0.25) is 0 Å². The standard InChI is InChI=1S/C16H14FN3O3S/c1-9-3-4-13(12(17)7-9)18-14(21)8-24-16-20-19-15(23-16)11-5-6-22-10(11)2/h3-7H,8H2,1-2H3,(H,18,21). The van der Waals surface area contributed by atoms with E-state index >= 15 is 0 Å². The number of halogens is 1. The Hall–Kier alpha value is -2.61. The number of furan rings is 1. The Bertz CT molecular complexity index is 875. The fraction of sp³-hybridized carbons (Fsp3) is 0.188. The van der Waals surface area contributed by atoms with Crippen LogP contribution in [0.3, 0.4) is 0 Å². The van der Waals surface area contributed by atoms with Gasteiger partial charge in [-0.2, -0.15) is 0 Å². The molecule has 0 aliphatic carbocycles. The summed E-state index contributed by atoms with van der Waals surface area (Å²) in [6.45, 7) is 3.56. The fourth-order valence-electron chi connectivity index (χ4n) is 2.02. The van der Waals surface area contributed by atoms with Gasteiger partial charge in [-0.15, -0.1) is 10.2 Å². The lowest BCUT2D eigenvalue weighted by Gasteiger charge is -2.05. The maximum absolute atomic E-state index is 13.7. The smallest absolute Gasteiger partial charge is 0.277 e. The molecule has 24 heavy (non-hydrogen) atoms. The van der Waals surface area contributed by atoms with E-state index in [0.717, 1.165) is 17.3 Å². The van der Waals surface area contributed by atoms with Gasteiger partial charge < -0.3 is 14.2 Å². The molecule has 0 radical (unpaired) electrons.